The molecule has 2 aromatic heterocycles. The topological polar surface area (TPSA) is 52.0 Å². The van der Waals surface area contributed by atoms with Gasteiger partial charge in [-0.2, -0.15) is 0 Å². The first-order chi connectivity index (χ1) is 7.50. The van der Waals surface area contributed by atoms with Crippen molar-refractivity contribution in [1.82, 2.24) is 5.16 Å². The van der Waals surface area contributed by atoms with Gasteiger partial charge in [0.15, 0.2) is 0 Å². The molecule has 2 N–H and O–H groups in total. The van der Waals surface area contributed by atoms with Gasteiger partial charge in [0.05, 0.1) is 8.66 Å². The number of aryl methyl sites for hydroxylation is 1. The summed E-state index contributed by atoms with van der Waals surface area (Å²) in [6.45, 7) is 6.23. The van der Waals surface area contributed by atoms with Gasteiger partial charge in [-0.3, -0.25) is 0 Å². The Morgan fingerprint density at radius 1 is 1.50 bits per heavy atom. The second-order valence-corrected chi connectivity index (χ2v) is 6.40. The summed E-state index contributed by atoms with van der Waals surface area (Å²) in [5.74, 6) is 0.731. The van der Waals surface area contributed by atoms with Gasteiger partial charge in [-0.25, -0.2) is 0 Å². The van der Waals surface area contributed by atoms with Crippen LogP contribution in [0.25, 0.3) is 10.6 Å². The van der Waals surface area contributed by atoms with Crippen LogP contribution in [0.5, 0.6) is 0 Å². The van der Waals surface area contributed by atoms with Crippen molar-refractivity contribution < 1.29 is 4.52 Å². The molecule has 16 heavy (non-hydrogen) atoms. The number of aromatic nitrogens is 1. The zero-order chi connectivity index (χ0) is 11.9. The van der Waals surface area contributed by atoms with Crippen LogP contribution in [-0.2, 0) is 0 Å². The van der Waals surface area contributed by atoms with Gasteiger partial charge < -0.3 is 10.3 Å². The van der Waals surface area contributed by atoms with Crippen LogP contribution in [0.2, 0.25) is 0 Å². The maximum absolute atomic E-state index is 5.79. The van der Waals surface area contributed by atoms with E-state index >= 15 is 0 Å². The number of nitrogens with zero attached hydrogens (tertiary/aromatic N) is 1. The number of rotatable bonds is 2. The van der Waals surface area contributed by atoms with Crippen LogP contribution < -0.4 is 5.73 Å². The number of hydrogen-bond donors (Lipinski definition) is 1. The van der Waals surface area contributed by atoms with Crippen LogP contribution in [0.1, 0.15) is 30.9 Å². The normalized spacial score (nSPS) is 11.3. The smallest absolute Gasteiger partial charge is 0.226 e. The zero-order valence-electron chi connectivity index (χ0n) is 9.37. The average Bonchev–Trinajstić information content (AvgIpc) is 2.71. The van der Waals surface area contributed by atoms with Crippen LogP contribution in [-0.4, -0.2) is 5.16 Å². The predicted octanol–water partition coefficient (Wildman–Crippen LogP) is 4.18. The minimum atomic E-state index is 0.308. The first-order valence-electron chi connectivity index (χ1n) is 5.02. The largest absolute Gasteiger partial charge is 0.367 e. The molecule has 0 fully saturated rings. The molecule has 0 spiro atoms. The number of anilines is 1. The molecule has 5 heteroatoms. The average molecular weight is 301 g/mol. The summed E-state index contributed by atoms with van der Waals surface area (Å²) in [5.41, 5.74) is 8.85. The molecule has 0 aliphatic heterocycles. The third-order valence-corrected chi connectivity index (χ3v) is 4.57. The van der Waals surface area contributed by atoms with Crippen LogP contribution >= 0.6 is 27.3 Å². The Morgan fingerprint density at radius 2 is 2.19 bits per heavy atom. The van der Waals surface area contributed by atoms with Crippen molar-refractivity contribution in [3.63, 3.8) is 0 Å². The van der Waals surface area contributed by atoms with Gasteiger partial charge in [0.2, 0.25) is 5.88 Å². The molecule has 0 saturated heterocycles. The first-order valence-corrected chi connectivity index (χ1v) is 6.63. The molecule has 86 valence electrons. The number of nitrogens with two attached hydrogens (primary N) is 1. The molecule has 2 aromatic rings. The van der Waals surface area contributed by atoms with Crippen molar-refractivity contribution in [2.45, 2.75) is 26.7 Å². The van der Waals surface area contributed by atoms with E-state index in [1.165, 1.54) is 5.56 Å². The molecule has 0 bridgehead atoms. The summed E-state index contributed by atoms with van der Waals surface area (Å²) in [6, 6.07) is 2.10. The Hall–Kier alpha value is -0.810. The highest BCUT2D eigenvalue weighted by molar-refractivity contribution is 9.11. The fourth-order valence-corrected chi connectivity index (χ4v) is 3.15. The number of hydrogen-bond acceptors (Lipinski definition) is 4. The highest BCUT2D eigenvalue weighted by Crippen LogP contribution is 2.39. The van der Waals surface area contributed by atoms with Gasteiger partial charge in [0.25, 0.3) is 0 Å². The second kappa shape index (κ2) is 4.22. The van der Waals surface area contributed by atoms with E-state index in [1.54, 1.807) is 11.3 Å². The standard InChI is InChI=1S/C11H13BrN2OS/c1-5(2)8-9(14-15-11(8)13)7-4-6(3)10(12)16-7/h4-5H,13H2,1-3H3. The summed E-state index contributed by atoms with van der Waals surface area (Å²) in [6.07, 6.45) is 0. The Bertz CT molecular complexity index is 497. The highest BCUT2D eigenvalue weighted by atomic mass is 79.9. The van der Waals surface area contributed by atoms with E-state index in [2.05, 4.69) is 47.9 Å². The van der Waals surface area contributed by atoms with E-state index in [0.717, 1.165) is 19.9 Å². The predicted molar refractivity (Wildman–Crippen MR) is 70.8 cm³/mol. The third kappa shape index (κ3) is 1.89. The van der Waals surface area contributed by atoms with Crippen LogP contribution in [0.15, 0.2) is 14.4 Å². The lowest BCUT2D eigenvalue weighted by Crippen LogP contribution is -1.93. The number of halogens is 1. The van der Waals surface area contributed by atoms with Gasteiger partial charge in [-0.1, -0.05) is 19.0 Å². The summed E-state index contributed by atoms with van der Waals surface area (Å²) >= 11 is 5.16. The van der Waals surface area contributed by atoms with Crippen LogP contribution in [0, 0.1) is 6.92 Å². The molecule has 0 amide bonds. The molecule has 2 rings (SSSR count). The lowest BCUT2D eigenvalue weighted by atomic mass is 10.0. The number of thiophene rings is 1. The van der Waals surface area contributed by atoms with Gasteiger partial charge in [-0.15, -0.1) is 11.3 Å². The fraction of sp³-hybridized carbons (Fsp3) is 0.364. The van der Waals surface area contributed by atoms with Crippen molar-refractivity contribution >= 4 is 33.2 Å². The Kier molecular flexibility index (Phi) is 3.08. The quantitative estimate of drug-likeness (QED) is 0.905. The third-order valence-electron chi connectivity index (χ3n) is 2.42. The molecule has 0 unspecified atom stereocenters. The maximum Gasteiger partial charge on any atom is 0.226 e. The van der Waals surface area contributed by atoms with Gasteiger partial charge in [0.1, 0.15) is 5.69 Å². The molecular weight excluding hydrogens is 288 g/mol. The summed E-state index contributed by atoms with van der Waals surface area (Å²) in [4.78, 5) is 1.09. The molecule has 0 radical (unpaired) electrons. The molecular formula is C11H13BrN2OS. The Balaban J connectivity index is 2.56. The zero-order valence-corrected chi connectivity index (χ0v) is 11.8. The summed E-state index contributed by atoms with van der Waals surface area (Å²) < 4.78 is 6.20. The van der Waals surface area contributed by atoms with Crippen LogP contribution in [0.3, 0.4) is 0 Å². The van der Waals surface area contributed by atoms with Crippen LogP contribution in [0.4, 0.5) is 5.88 Å². The molecule has 0 aliphatic carbocycles. The lowest BCUT2D eigenvalue weighted by molar-refractivity contribution is 0.438. The van der Waals surface area contributed by atoms with E-state index in [1.807, 2.05) is 0 Å². The minimum absolute atomic E-state index is 0.308. The van der Waals surface area contributed by atoms with E-state index in [4.69, 9.17) is 10.3 Å². The summed E-state index contributed by atoms with van der Waals surface area (Å²) in [7, 11) is 0. The summed E-state index contributed by atoms with van der Waals surface area (Å²) in [5, 5.41) is 4.05. The highest BCUT2D eigenvalue weighted by Gasteiger charge is 2.20. The number of nitrogen functional groups attached to an aromatic ring is 1. The minimum Gasteiger partial charge on any atom is -0.367 e. The van der Waals surface area contributed by atoms with Gasteiger partial charge >= 0.3 is 0 Å². The van der Waals surface area contributed by atoms with Gasteiger partial charge in [-0.05, 0) is 40.4 Å². The molecule has 3 nitrogen and oxygen atoms in total. The van der Waals surface area contributed by atoms with E-state index in [-0.39, 0.29) is 0 Å². The molecule has 0 aliphatic rings. The molecule has 0 aromatic carbocycles. The van der Waals surface area contributed by atoms with Crippen molar-refractivity contribution in [1.29, 1.82) is 0 Å². The van der Waals surface area contributed by atoms with Gasteiger partial charge in [0, 0.05) is 5.56 Å². The van der Waals surface area contributed by atoms with Crippen molar-refractivity contribution in [3.8, 4) is 10.6 Å². The van der Waals surface area contributed by atoms with Crippen molar-refractivity contribution in [2.24, 2.45) is 0 Å². The second-order valence-electron chi connectivity index (χ2n) is 4.03. The van der Waals surface area contributed by atoms with E-state index < -0.39 is 0 Å². The molecule has 0 saturated carbocycles. The van der Waals surface area contributed by atoms with E-state index in [9.17, 15) is 0 Å². The monoisotopic (exact) mass is 300 g/mol. The molecule has 0 atom stereocenters. The fourth-order valence-electron chi connectivity index (χ4n) is 1.62. The first kappa shape index (κ1) is 11.7. The maximum atomic E-state index is 5.79. The molecule has 2 heterocycles. The Morgan fingerprint density at radius 3 is 2.69 bits per heavy atom. The Labute approximate surface area is 107 Å². The van der Waals surface area contributed by atoms with Crippen molar-refractivity contribution in [2.75, 3.05) is 5.73 Å². The van der Waals surface area contributed by atoms with E-state index in [0.29, 0.717) is 11.8 Å². The lowest BCUT2D eigenvalue weighted by Gasteiger charge is -2.03. The van der Waals surface area contributed by atoms with Crippen molar-refractivity contribution in [3.05, 3.63) is 21.0 Å². The SMILES string of the molecule is Cc1cc(-c2noc(N)c2C(C)C)sc1Br.